The SMILES string of the molecule is CC1(C)c2ccccc2-c2cc(N(c3ccc(-c4ccccc4)cc3)c3ccc4c(c3)c3ccc5c(c3n4-c3cccc(-c4cc(-c6cc(-c7ccccc7)ccn6)nc(-c6ccncc6)n4)n3)-c3cc4c6ccccc6c6ccccc6c4cc3C5(C)C)ccc21. The molecule has 0 spiro atoms. The molecule has 2 aliphatic carbocycles. The van der Waals surface area contributed by atoms with Crippen LogP contribution in [0, 0.1) is 0 Å². The Morgan fingerprint density at radius 1 is 0.315 bits per heavy atom. The molecule has 2 aliphatic rings. The molecule has 0 N–H and O–H groups in total. The molecule has 18 rings (SSSR count). The number of anilines is 3. The van der Waals surface area contributed by atoms with Crippen molar-refractivity contribution in [3.05, 3.63) is 308 Å². The molecule has 0 aliphatic heterocycles. The summed E-state index contributed by atoms with van der Waals surface area (Å²) < 4.78 is 2.43. The lowest BCUT2D eigenvalue weighted by molar-refractivity contribution is 0.660. The maximum Gasteiger partial charge on any atom is 0.160 e. The van der Waals surface area contributed by atoms with Crippen LogP contribution in [-0.4, -0.2) is 29.5 Å². The Labute approximate surface area is 533 Å². The average Bonchev–Trinajstić information content (AvgIpc) is 1.52. The molecule has 0 saturated carbocycles. The predicted octanol–water partition coefficient (Wildman–Crippen LogP) is 21.6. The van der Waals surface area contributed by atoms with Gasteiger partial charge in [0.2, 0.25) is 0 Å². The van der Waals surface area contributed by atoms with Gasteiger partial charge in [0.1, 0.15) is 5.82 Å². The van der Waals surface area contributed by atoms with Crippen molar-refractivity contribution >= 4 is 71.2 Å². The summed E-state index contributed by atoms with van der Waals surface area (Å²) in [4.78, 5) is 28.0. The largest absolute Gasteiger partial charge is 0.310 e. The Balaban J connectivity index is 0.885. The zero-order chi connectivity index (χ0) is 61.4. The monoisotopic (exact) mass is 1180 g/mol. The minimum atomic E-state index is -0.350. The summed E-state index contributed by atoms with van der Waals surface area (Å²) in [6, 6.07) is 97.1. The van der Waals surface area contributed by atoms with Crippen molar-refractivity contribution in [2.24, 2.45) is 0 Å². The van der Waals surface area contributed by atoms with Crippen molar-refractivity contribution < 1.29 is 0 Å². The van der Waals surface area contributed by atoms with E-state index in [1.54, 1.807) is 12.4 Å². The first-order chi connectivity index (χ1) is 45.1. The van der Waals surface area contributed by atoms with Crippen molar-refractivity contribution in [3.8, 4) is 84.5 Å². The summed E-state index contributed by atoms with van der Waals surface area (Å²) in [7, 11) is 0. The van der Waals surface area contributed by atoms with E-state index in [4.69, 9.17) is 19.9 Å². The van der Waals surface area contributed by atoms with Gasteiger partial charge in [-0.05, 0) is 191 Å². The molecule has 0 radical (unpaired) electrons. The lowest BCUT2D eigenvalue weighted by Gasteiger charge is -2.27. The summed E-state index contributed by atoms with van der Waals surface area (Å²) in [5.41, 5.74) is 23.3. The number of aromatic nitrogens is 6. The van der Waals surface area contributed by atoms with E-state index in [1.807, 2.05) is 36.5 Å². The number of rotatable bonds is 9. The molecule has 7 nitrogen and oxygen atoms in total. The third kappa shape index (κ3) is 8.25. The van der Waals surface area contributed by atoms with E-state index in [0.717, 1.165) is 67.1 Å². The molecule has 5 heterocycles. The maximum absolute atomic E-state index is 5.74. The quantitative estimate of drug-likeness (QED) is 0.134. The average molecular weight is 1180 g/mol. The minimum Gasteiger partial charge on any atom is -0.310 e. The van der Waals surface area contributed by atoms with E-state index in [-0.39, 0.29) is 10.8 Å². The highest BCUT2D eigenvalue weighted by Gasteiger charge is 2.40. The van der Waals surface area contributed by atoms with Crippen molar-refractivity contribution in [2.45, 2.75) is 38.5 Å². The van der Waals surface area contributed by atoms with Crippen LogP contribution in [0.4, 0.5) is 17.1 Å². The minimum absolute atomic E-state index is 0.136. The van der Waals surface area contributed by atoms with Gasteiger partial charge in [0.15, 0.2) is 5.82 Å². The second-order valence-electron chi connectivity index (χ2n) is 25.6. The van der Waals surface area contributed by atoms with Crippen molar-refractivity contribution in [1.29, 1.82) is 0 Å². The van der Waals surface area contributed by atoms with Crippen LogP contribution in [0.5, 0.6) is 0 Å². The van der Waals surface area contributed by atoms with Gasteiger partial charge in [0.05, 0.1) is 33.8 Å². The summed E-state index contributed by atoms with van der Waals surface area (Å²) in [5.74, 6) is 1.33. The van der Waals surface area contributed by atoms with Gasteiger partial charge in [-0.2, -0.15) is 0 Å². The Morgan fingerprint density at radius 3 is 1.63 bits per heavy atom. The van der Waals surface area contributed by atoms with Crippen LogP contribution in [0.2, 0.25) is 0 Å². The molecule has 434 valence electrons. The Bertz CT molecular complexity index is 5690. The number of fused-ring (bicyclic) bond motifs is 16. The van der Waals surface area contributed by atoms with E-state index in [0.29, 0.717) is 22.9 Å². The van der Waals surface area contributed by atoms with E-state index < -0.39 is 0 Å². The summed E-state index contributed by atoms with van der Waals surface area (Å²) in [6.45, 7) is 9.50. The fraction of sp³-hybridized carbons (Fsp3) is 0.0706. The zero-order valence-electron chi connectivity index (χ0n) is 51.3. The van der Waals surface area contributed by atoms with Crippen molar-refractivity contribution in [1.82, 2.24) is 29.5 Å². The van der Waals surface area contributed by atoms with Gasteiger partial charge in [-0.3, -0.25) is 14.5 Å². The highest BCUT2D eigenvalue weighted by Crippen LogP contribution is 2.56. The molecule has 0 amide bonds. The first-order valence-electron chi connectivity index (χ1n) is 31.6. The molecule has 5 aromatic heterocycles. The number of nitrogens with zero attached hydrogens (tertiary/aromatic N) is 7. The molecule has 11 aromatic carbocycles. The van der Waals surface area contributed by atoms with Gasteiger partial charge in [0.25, 0.3) is 0 Å². The van der Waals surface area contributed by atoms with E-state index in [2.05, 4.69) is 279 Å². The molecule has 0 bridgehead atoms. The molecule has 0 saturated heterocycles. The first-order valence-corrected chi connectivity index (χ1v) is 31.6. The molecule has 7 heteroatoms. The Hall–Kier alpha value is -11.7. The van der Waals surface area contributed by atoms with Crippen LogP contribution in [0.1, 0.15) is 49.9 Å². The standard InChI is InChI=1S/C85H59N7/c1-84(2)71-27-16-15-26-64(71)68-47-58(34-37-72(68)84)91(57-32-30-54(31-33-57)52-18-7-5-8-19-52)59-35-39-79-69(48-59)65-36-38-73-81(70-49-66-62-24-13-11-22-60(62)61-23-12-14-25-63(61)67(66)50-74(70)85(73,3)4)82(65)92(79)80-29-17-28-75(88-80)77-51-78(90-83(89-77)55-40-43-86-44-41-55)76-46-56(42-45-87-76)53-20-9-6-10-21-53/h5-51H,1-4H3. The van der Waals surface area contributed by atoms with Crippen LogP contribution < -0.4 is 4.90 Å². The molecule has 16 aromatic rings. The molecule has 92 heavy (non-hydrogen) atoms. The topological polar surface area (TPSA) is 72.6 Å². The van der Waals surface area contributed by atoms with Gasteiger partial charge in [-0.25, -0.2) is 15.0 Å². The number of hydrogen-bond donors (Lipinski definition) is 0. The smallest absolute Gasteiger partial charge is 0.160 e. The Kier molecular flexibility index (Phi) is 11.9. The number of benzene rings is 11. The van der Waals surface area contributed by atoms with Gasteiger partial charge in [-0.15, -0.1) is 0 Å². The van der Waals surface area contributed by atoms with Crippen LogP contribution in [0.3, 0.4) is 0 Å². The lowest BCUT2D eigenvalue weighted by atomic mass is 9.81. The lowest BCUT2D eigenvalue weighted by Crippen LogP contribution is -2.15. The summed E-state index contributed by atoms with van der Waals surface area (Å²) in [5, 5.41) is 9.79. The van der Waals surface area contributed by atoms with Crippen molar-refractivity contribution in [2.75, 3.05) is 4.90 Å². The first kappa shape index (κ1) is 53.4. The van der Waals surface area contributed by atoms with E-state index in [1.165, 1.54) is 88.0 Å². The highest BCUT2D eigenvalue weighted by molar-refractivity contribution is 6.27. The second-order valence-corrected chi connectivity index (χ2v) is 25.6. The maximum atomic E-state index is 5.74. The normalized spacial score (nSPS) is 13.4. The molecular weight excluding hydrogens is 1120 g/mol. The molecular formula is C85H59N7. The van der Waals surface area contributed by atoms with Gasteiger partial charge in [-0.1, -0.05) is 198 Å². The molecule has 0 atom stereocenters. The number of pyridine rings is 3. The predicted molar refractivity (Wildman–Crippen MR) is 379 cm³/mol. The van der Waals surface area contributed by atoms with Crippen LogP contribution >= 0.6 is 0 Å². The van der Waals surface area contributed by atoms with Gasteiger partial charge in [0, 0.05) is 68.4 Å². The van der Waals surface area contributed by atoms with Gasteiger partial charge >= 0.3 is 0 Å². The van der Waals surface area contributed by atoms with Gasteiger partial charge < -0.3 is 4.90 Å². The third-order valence-electron chi connectivity index (χ3n) is 19.7. The highest BCUT2D eigenvalue weighted by atomic mass is 15.1. The zero-order valence-corrected chi connectivity index (χ0v) is 51.3. The summed E-state index contributed by atoms with van der Waals surface area (Å²) in [6.07, 6.45) is 5.42. The third-order valence-corrected chi connectivity index (χ3v) is 19.7. The van der Waals surface area contributed by atoms with Crippen molar-refractivity contribution in [3.63, 3.8) is 0 Å². The Morgan fingerprint density at radius 2 is 0.891 bits per heavy atom. The second kappa shape index (κ2) is 20.4. The molecule has 0 fully saturated rings. The van der Waals surface area contributed by atoms with Crippen LogP contribution in [0.15, 0.2) is 286 Å². The molecule has 0 unspecified atom stereocenters. The number of hydrogen-bond acceptors (Lipinski definition) is 6. The fourth-order valence-electron chi connectivity index (χ4n) is 15.2. The van der Waals surface area contributed by atoms with Crippen LogP contribution in [0.25, 0.3) is 139 Å². The van der Waals surface area contributed by atoms with E-state index >= 15 is 0 Å². The van der Waals surface area contributed by atoms with Crippen LogP contribution in [-0.2, 0) is 10.8 Å². The van der Waals surface area contributed by atoms with E-state index in [9.17, 15) is 0 Å². The summed E-state index contributed by atoms with van der Waals surface area (Å²) >= 11 is 0. The fourth-order valence-corrected chi connectivity index (χ4v) is 15.2.